The van der Waals surface area contributed by atoms with E-state index in [1.165, 1.54) is 0 Å². The van der Waals surface area contributed by atoms with E-state index in [0.717, 1.165) is 5.01 Å². The van der Waals surface area contributed by atoms with Gasteiger partial charge in [-0.3, -0.25) is 4.98 Å². The van der Waals surface area contributed by atoms with Gasteiger partial charge in [-0.05, 0) is 6.92 Å². The first-order valence-corrected chi connectivity index (χ1v) is 3.70. The summed E-state index contributed by atoms with van der Waals surface area (Å²) in [5, 5.41) is 3.10. The van der Waals surface area contributed by atoms with Crippen molar-refractivity contribution in [3.8, 4) is 0 Å². The third-order valence-electron chi connectivity index (χ3n) is 0.556. The lowest BCUT2D eigenvalue weighted by Gasteiger charge is -1.88. The number of rotatable bonds is 0. The molecule has 0 fully saturated rings. The molecule has 0 amide bonds. The summed E-state index contributed by atoms with van der Waals surface area (Å²) in [6.45, 7) is 2.18. The van der Waals surface area contributed by atoms with E-state index in [0.29, 0.717) is 0 Å². The van der Waals surface area contributed by atoms with Gasteiger partial charge in [0.1, 0.15) is 0 Å². The molecule has 1 aromatic rings. The van der Waals surface area contributed by atoms with E-state index in [1.807, 2.05) is 12.3 Å². The molecule has 1 heterocycles. The summed E-state index contributed by atoms with van der Waals surface area (Å²) in [6, 6.07) is 0. The summed E-state index contributed by atoms with van der Waals surface area (Å²) in [6.07, 6.45) is -2.19. The molecule has 1 aromatic heterocycles. The third-order valence-corrected chi connectivity index (χ3v) is 1.26. The number of hydrogen-bond acceptors (Lipinski definition) is 2. The molecule has 0 saturated carbocycles. The SMILES string of the molecule is CC(F)(F)F.Cc1nccs1. The lowest BCUT2D eigenvalue weighted by molar-refractivity contribution is -0.110. The average Bonchev–Trinajstić information content (AvgIpc) is 2.12. The van der Waals surface area contributed by atoms with E-state index in [2.05, 4.69) is 4.98 Å². The van der Waals surface area contributed by atoms with E-state index in [-0.39, 0.29) is 6.92 Å². The molecule has 0 aliphatic carbocycles. The van der Waals surface area contributed by atoms with Gasteiger partial charge in [0, 0.05) is 18.5 Å². The Morgan fingerprint density at radius 3 is 2.00 bits per heavy atom. The molecule has 0 aliphatic rings. The Labute approximate surface area is 66.9 Å². The van der Waals surface area contributed by atoms with Crippen LogP contribution in [0.15, 0.2) is 11.6 Å². The van der Waals surface area contributed by atoms with Gasteiger partial charge in [0.25, 0.3) is 0 Å². The number of hydrogen-bond donors (Lipinski definition) is 0. The summed E-state index contributed by atoms with van der Waals surface area (Å²) in [4.78, 5) is 3.94. The number of thiazole rings is 1. The summed E-state index contributed by atoms with van der Waals surface area (Å²) in [5.41, 5.74) is 0. The molecule has 0 unspecified atom stereocenters. The zero-order chi connectivity index (χ0) is 8.91. The molecule has 1 rings (SSSR count). The highest BCUT2D eigenvalue weighted by atomic mass is 32.1. The van der Waals surface area contributed by atoms with Gasteiger partial charge < -0.3 is 0 Å². The van der Waals surface area contributed by atoms with Crippen LogP contribution in [0.1, 0.15) is 11.9 Å². The number of alkyl halides is 3. The summed E-state index contributed by atoms with van der Waals surface area (Å²) >= 11 is 1.67. The van der Waals surface area contributed by atoms with Crippen molar-refractivity contribution in [1.29, 1.82) is 0 Å². The molecule has 64 valence electrons. The fourth-order valence-corrected chi connectivity index (χ4v) is 0.735. The van der Waals surface area contributed by atoms with Crippen molar-refractivity contribution in [2.75, 3.05) is 0 Å². The Morgan fingerprint density at radius 2 is 1.91 bits per heavy atom. The highest BCUT2D eigenvalue weighted by Gasteiger charge is 2.15. The normalized spacial score (nSPS) is 10.3. The largest absolute Gasteiger partial charge is 0.386 e. The molecule has 0 spiro atoms. The van der Waals surface area contributed by atoms with Crippen LogP contribution in [-0.4, -0.2) is 11.2 Å². The molecule has 11 heavy (non-hydrogen) atoms. The fourth-order valence-electron chi connectivity index (χ4n) is 0.295. The average molecular weight is 183 g/mol. The van der Waals surface area contributed by atoms with Crippen LogP contribution in [0.5, 0.6) is 0 Å². The van der Waals surface area contributed by atoms with Gasteiger partial charge in [0.15, 0.2) is 0 Å². The zero-order valence-corrected chi connectivity index (χ0v) is 6.96. The minimum Gasteiger partial charge on any atom is -0.250 e. The molecule has 0 N–H and O–H groups in total. The van der Waals surface area contributed by atoms with Crippen molar-refractivity contribution in [3.05, 3.63) is 16.6 Å². The summed E-state index contributed by atoms with van der Waals surface area (Å²) in [7, 11) is 0. The molecule has 1 nitrogen and oxygen atoms in total. The van der Waals surface area contributed by atoms with Crippen LogP contribution in [0.2, 0.25) is 0 Å². The van der Waals surface area contributed by atoms with Gasteiger partial charge in [-0.2, -0.15) is 13.2 Å². The van der Waals surface area contributed by atoms with Crippen molar-refractivity contribution in [2.24, 2.45) is 0 Å². The maximum Gasteiger partial charge on any atom is 0.386 e. The van der Waals surface area contributed by atoms with Crippen LogP contribution < -0.4 is 0 Å². The first-order chi connectivity index (χ1) is 4.89. The first kappa shape index (κ1) is 10.4. The van der Waals surface area contributed by atoms with Gasteiger partial charge in [-0.25, -0.2) is 0 Å². The van der Waals surface area contributed by atoms with Crippen molar-refractivity contribution in [3.63, 3.8) is 0 Å². The highest BCUT2D eigenvalue weighted by Crippen LogP contribution is 2.10. The Morgan fingerprint density at radius 1 is 1.45 bits per heavy atom. The Balaban J connectivity index is 0.000000187. The zero-order valence-electron chi connectivity index (χ0n) is 6.14. The predicted molar refractivity (Wildman–Crippen MR) is 38.6 cm³/mol. The van der Waals surface area contributed by atoms with Crippen molar-refractivity contribution in [2.45, 2.75) is 20.0 Å². The molecule has 0 bridgehead atoms. The van der Waals surface area contributed by atoms with Gasteiger partial charge >= 0.3 is 6.18 Å². The van der Waals surface area contributed by atoms with Gasteiger partial charge in [-0.1, -0.05) is 0 Å². The van der Waals surface area contributed by atoms with Gasteiger partial charge in [0.2, 0.25) is 0 Å². The van der Waals surface area contributed by atoms with E-state index in [9.17, 15) is 13.2 Å². The van der Waals surface area contributed by atoms with Crippen LogP contribution in [0, 0.1) is 6.92 Å². The Hall–Kier alpha value is -0.580. The molecule has 0 saturated heterocycles. The number of halogens is 3. The van der Waals surface area contributed by atoms with Crippen LogP contribution in [0.25, 0.3) is 0 Å². The molecule has 0 aliphatic heterocycles. The van der Waals surface area contributed by atoms with Crippen molar-refractivity contribution in [1.82, 2.24) is 4.98 Å². The predicted octanol–water partition coefficient (Wildman–Crippen LogP) is 3.02. The van der Waals surface area contributed by atoms with Crippen LogP contribution in [-0.2, 0) is 0 Å². The second kappa shape index (κ2) is 4.33. The van der Waals surface area contributed by atoms with Crippen molar-refractivity contribution < 1.29 is 13.2 Å². The molecule has 0 atom stereocenters. The Kier molecular flexibility index (Phi) is 4.10. The number of nitrogens with zero attached hydrogens (tertiary/aromatic N) is 1. The third kappa shape index (κ3) is 12.6. The first-order valence-electron chi connectivity index (χ1n) is 2.82. The maximum absolute atomic E-state index is 10.4. The van der Waals surface area contributed by atoms with Gasteiger partial charge in [-0.15, -0.1) is 11.3 Å². The van der Waals surface area contributed by atoms with E-state index in [4.69, 9.17) is 0 Å². The standard InChI is InChI=1S/C4H5NS.C2H3F3/c1-4-5-2-3-6-4;1-2(3,4)5/h2-3H,1H3;1H3. The number of aromatic nitrogens is 1. The fraction of sp³-hybridized carbons (Fsp3) is 0.500. The second-order valence-electron chi connectivity index (χ2n) is 1.83. The smallest absolute Gasteiger partial charge is 0.250 e. The summed E-state index contributed by atoms with van der Waals surface area (Å²) in [5.74, 6) is 0. The van der Waals surface area contributed by atoms with Crippen LogP contribution >= 0.6 is 11.3 Å². The van der Waals surface area contributed by atoms with Crippen molar-refractivity contribution >= 4 is 11.3 Å². The minimum atomic E-state index is -4.00. The van der Waals surface area contributed by atoms with E-state index >= 15 is 0 Å². The lowest BCUT2D eigenvalue weighted by atomic mass is 10.8. The minimum absolute atomic E-state index is 0.188. The molecule has 5 heteroatoms. The number of aryl methyl sites for hydroxylation is 1. The highest BCUT2D eigenvalue weighted by molar-refractivity contribution is 7.09. The summed E-state index contributed by atoms with van der Waals surface area (Å²) < 4.78 is 31.1. The van der Waals surface area contributed by atoms with E-state index in [1.54, 1.807) is 17.5 Å². The monoisotopic (exact) mass is 183 g/mol. The molecule has 0 radical (unpaired) electrons. The molecular formula is C6H8F3NS. The maximum atomic E-state index is 10.4. The lowest BCUT2D eigenvalue weighted by Crippen LogP contribution is -1.95. The molecule has 0 aromatic carbocycles. The van der Waals surface area contributed by atoms with E-state index < -0.39 is 6.18 Å². The second-order valence-corrected chi connectivity index (χ2v) is 2.93. The van der Waals surface area contributed by atoms with Gasteiger partial charge in [0.05, 0.1) is 5.01 Å². The van der Waals surface area contributed by atoms with Crippen LogP contribution in [0.4, 0.5) is 13.2 Å². The molecular weight excluding hydrogens is 175 g/mol. The van der Waals surface area contributed by atoms with Crippen LogP contribution in [0.3, 0.4) is 0 Å². The Bertz CT molecular complexity index is 174. The quantitative estimate of drug-likeness (QED) is 0.602. The topological polar surface area (TPSA) is 12.9 Å².